The second-order valence-electron chi connectivity index (χ2n) is 5.26. The van der Waals surface area contributed by atoms with E-state index >= 15 is 0 Å². The van der Waals surface area contributed by atoms with E-state index < -0.39 is 0 Å². The summed E-state index contributed by atoms with van der Waals surface area (Å²) >= 11 is 0. The van der Waals surface area contributed by atoms with Gasteiger partial charge in [0, 0.05) is 30.7 Å². The fourth-order valence-corrected chi connectivity index (χ4v) is 2.90. The maximum Gasteiger partial charge on any atom is 0.123 e. The quantitative estimate of drug-likeness (QED) is 0.872. The number of likely N-dealkylation sites (tertiary alicyclic amines) is 1. The van der Waals surface area contributed by atoms with Crippen LogP contribution in [0.5, 0.6) is 0 Å². The molecule has 1 aromatic carbocycles. The lowest BCUT2D eigenvalue weighted by atomic mass is 10.1. The first-order valence-electron chi connectivity index (χ1n) is 6.92. The number of anilines is 1. The Morgan fingerprint density at radius 3 is 3.05 bits per heavy atom. The fraction of sp³-hybridized carbons (Fsp3) is 0.312. The van der Waals surface area contributed by atoms with Gasteiger partial charge in [-0.1, -0.05) is 6.07 Å². The number of pyridine rings is 1. The van der Waals surface area contributed by atoms with Crippen molar-refractivity contribution in [2.45, 2.75) is 25.4 Å². The second-order valence-corrected chi connectivity index (χ2v) is 5.26. The van der Waals surface area contributed by atoms with Crippen LogP contribution in [0.1, 0.15) is 30.0 Å². The molecule has 2 aromatic rings. The predicted molar refractivity (Wildman–Crippen MR) is 77.4 cm³/mol. The summed E-state index contributed by atoms with van der Waals surface area (Å²) in [6, 6.07) is 8.99. The molecule has 0 radical (unpaired) electrons. The number of hydrogen-bond donors (Lipinski definition) is 1. The second kappa shape index (κ2) is 5.59. The first kappa shape index (κ1) is 13.1. The number of halogens is 1. The van der Waals surface area contributed by atoms with Crippen molar-refractivity contribution in [2.24, 2.45) is 0 Å². The average molecular weight is 271 g/mol. The third kappa shape index (κ3) is 2.65. The van der Waals surface area contributed by atoms with Gasteiger partial charge in [0.25, 0.3) is 0 Å². The highest BCUT2D eigenvalue weighted by Crippen LogP contribution is 2.33. The van der Waals surface area contributed by atoms with Crippen molar-refractivity contribution in [1.82, 2.24) is 9.88 Å². The van der Waals surface area contributed by atoms with Crippen molar-refractivity contribution in [3.05, 3.63) is 59.7 Å². The molecule has 1 fully saturated rings. The molecule has 0 aliphatic carbocycles. The number of benzene rings is 1. The predicted octanol–water partition coefficient (Wildman–Crippen LogP) is 3.14. The van der Waals surface area contributed by atoms with Gasteiger partial charge < -0.3 is 5.73 Å². The van der Waals surface area contributed by atoms with Gasteiger partial charge in [-0.25, -0.2) is 4.39 Å². The highest BCUT2D eigenvalue weighted by Gasteiger charge is 2.26. The molecule has 1 atom stereocenters. The summed E-state index contributed by atoms with van der Waals surface area (Å²) in [6.45, 7) is 1.69. The Morgan fingerprint density at radius 2 is 2.25 bits per heavy atom. The monoisotopic (exact) mass is 271 g/mol. The van der Waals surface area contributed by atoms with E-state index in [2.05, 4.69) is 16.0 Å². The molecule has 0 amide bonds. The normalized spacial score (nSPS) is 19.4. The average Bonchev–Trinajstić information content (AvgIpc) is 2.92. The van der Waals surface area contributed by atoms with E-state index in [4.69, 9.17) is 5.73 Å². The van der Waals surface area contributed by atoms with Gasteiger partial charge in [0.1, 0.15) is 5.82 Å². The third-order valence-electron chi connectivity index (χ3n) is 3.91. The molecular weight excluding hydrogens is 253 g/mol. The Labute approximate surface area is 118 Å². The van der Waals surface area contributed by atoms with Gasteiger partial charge in [0.15, 0.2) is 0 Å². The fourth-order valence-electron chi connectivity index (χ4n) is 2.90. The van der Waals surface area contributed by atoms with Crippen LogP contribution in [-0.2, 0) is 6.54 Å². The number of hydrogen-bond acceptors (Lipinski definition) is 3. The summed E-state index contributed by atoms with van der Waals surface area (Å²) in [5.74, 6) is -0.230. The molecule has 20 heavy (non-hydrogen) atoms. The van der Waals surface area contributed by atoms with E-state index in [-0.39, 0.29) is 5.82 Å². The molecule has 1 saturated heterocycles. The summed E-state index contributed by atoms with van der Waals surface area (Å²) in [6.07, 6.45) is 5.96. The first-order valence-corrected chi connectivity index (χ1v) is 6.92. The number of nitrogens with zero attached hydrogens (tertiary/aromatic N) is 2. The Balaban J connectivity index is 1.81. The zero-order valence-corrected chi connectivity index (χ0v) is 11.3. The van der Waals surface area contributed by atoms with Crippen LogP contribution in [0.15, 0.2) is 42.7 Å². The van der Waals surface area contributed by atoms with Crippen LogP contribution in [0.3, 0.4) is 0 Å². The van der Waals surface area contributed by atoms with Gasteiger partial charge in [-0.3, -0.25) is 9.88 Å². The van der Waals surface area contributed by atoms with Crippen molar-refractivity contribution >= 4 is 5.69 Å². The molecular formula is C16H18FN3. The smallest absolute Gasteiger partial charge is 0.123 e. The molecule has 2 heterocycles. The maximum atomic E-state index is 13.4. The van der Waals surface area contributed by atoms with Crippen LogP contribution < -0.4 is 5.73 Å². The summed E-state index contributed by atoms with van der Waals surface area (Å²) in [7, 11) is 0. The van der Waals surface area contributed by atoms with Gasteiger partial charge in [-0.15, -0.1) is 0 Å². The third-order valence-corrected chi connectivity index (χ3v) is 3.91. The maximum absolute atomic E-state index is 13.4. The van der Waals surface area contributed by atoms with Crippen LogP contribution in [0.2, 0.25) is 0 Å². The summed E-state index contributed by atoms with van der Waals surface area (Å²) in [5.41, 5.74) is 8.69. The van der Waals surface area contributed by atoms with E-state index in [9.17, 15) is 4.39 Å². The molecule has 2 N–H and O–H groups in total. The molecule has 3 nitrogen and oxygen atoms in total. The van der Waals surface area contributed by atoms with E-state index in [1.807, 2.05) is 12.3 Å². The molecule has 1 aliphatic heterocycles. The van der Waals surface area contributed by atoms with Gasteiger partial charge >= 0.3 is 0 Å². The molecule has 1 unspecified atom stereocenters. The van der Waals surface area contributed by atoms with Crippen molar-refractivity contribution < 1.29 is 4.39 Å². The van der Waals surface area contributed by atoms with Crippen LogP contribution in [-0.4, -0.2) is 16.4 Å². The van der Waals surface area contributed by atoms with Crippen molar-refractivity contribution in [2.75, 3.05) is 12.3 Å². The summed E-state index contributed by atoms with van der Waals surface area (Å²) in [5, 5.41) is 0. The number of rotatable bonds is 3. The lowest BCUT2D eigenvalue weighted by molar-refractivity contribution is 0.248. The number of nitrogens with two attached hydrogens (primary N) is 1. The van der Waals surface area contributed by atoms with E-state index in [1.54, 1.807) is 12.3 Å². The largest absolute Gasteiger partial charge is 0.398 e. The molecule has 3 rings (SSSR count). The van der Waals surface area contributed by atoms with E-state index in [1.165, 1.54) is 17.7 Å². The van der Waals surface area contributed by atoms with E-state index in [0.29, 0.717) is 18.3 Å². The summed E-state index contributed by atoms with van der Waals surface area (Å²) < 4.78 is 13.4. The zero-order valence-electron chi connectivity index (χ0n) is 11.3. The van der Waals surface area contributed by atoms with Crippen LogP contribution in [0, 0.1) is 5.82 Å². The molecule has 0 saturated carbocycles. The zero-order chi connectivity index (χ0) is 13.9. The highest BCUT2D eigenvalue weighted by atomic mass is 19.1. The Bertz CT molecular complexity index is 586. The molecule has 104 valence electrons. The van der Waals surface area contributed by atoms with Crippen LogP contribution >= 0.6 is 0 Å². The molecule has 0 spiro atoms. The SMILES string of the molecule is Nc1ccc(F)cc1CN1CCCC1c1cccnc1. The van der Waals surface area contributed by atoms with Gasteiger partial charge in [-0.2, -0.15) is 0 Å². The standard InChI is InChI=1S/C16H18FN3/c17-14-5-6-15(18)13(9-14)11-20-8-2-4-16(20)12-3-1-7-19-10-12/h1,3,5-7,9-10,16H,2,4,8,11,18H2. The Hall–Kier alpha value is -1.94. The van der Waals surface area contributed by atoms with Crippen molar-refractivity contribution in [1.29, 1.82) is 0 Å². The van der Waals surface area contributed by atoms with Gasteiger partial charge in [0.2, 0.25) is 0 Å². The Morgan fingerprint density at radius 1 is 1.35 bits per heavy atom. The number of aromatic nitrogens is 1. The van der Waals surface area contributed by atoms with E-state index in [0.717, 1.165) is 24.9 Å². The minimum atomic E-state index is -0.230. The van der Waals surface area contributed by atoms with Crippen LogP contribution in [0.25, 0.3) is 0 Å². The highest BCUT2D eigenvalue weighted by molar-refractivity contribution is 5.46. The van der Waals surface area contributed by atoms with Crippen molar-refractivity contribution in [3.8, 4) is 0 Å². The molecule has 0 bridgehead atoms. The molecule has 1 aliphatic rings. The van der Waals surface area contributed by atoms with Gasteiger partial charge in [-0.05, 0) is 54.8 Å². The topological polar surface area (TPSA) is 42.1 Å². The Kier molecular flexibility index (Phi) is 3.65. The van der Waals surface area contributed by atoms with Crippen LogP contribution in [0.4, 0.5) is 10.1 Å². The lowest BCUT2D eigenvalue weighted by Crippen LogP contribution is -2.23. The summed E-state index contributed by atoms with van der Waals surface area (Å²) in [4.78, 5) is 6.54. The molecule has 4 heteroatoms. The van der Waals surface area contributed by atoms with Crippen molar-refractivity contribution in [3.63, 3.8) is 0 Å². The minimum absolute atomic E-state index is 0.230. The van der Waals surface area contributed by atoms with Gasteiger partial charge in [0.05, 0.1) is 0 Å². The lowest BCUT2D eigenvalue weighted by Gasteiger charge is -2.25. The first-order chi connectivity index (χ1) is 9.74. The molecule has 1 aromatic heterocycles. The minimum Gasteiger partial charge on any atom is -0.398 e. The number of nitrogen functional groups attached to an aromatic ring is 1.